The third kappa shape index (κ3) is 2.21. The molecule has 1 unspecified atom stereocenters. The number of aliphatic hydroxyl groups is 1. The van der Waals surface area contributed by atoms with Crippen LogP contribution in [0.1, 0.15) is 49.5 Å². The summed E-state index contributed by atoms with van der Waals surface area (Å²) in [7, 11) is 0. The molecule has 0 fully saturated rings. The van der Waals surface area contributed by atoms with Gasteiger partial charge in [0.2, 0.25) is 0 Å². The van der Waals surface area contributed by atoms with Gasteiger partial charge in [-0.25, -0.2) is 8.78 Å². The molecule has 0 amide bonds. The molecule has 0 saturated heterocycles. The first-order valence-electron chi connectivity index (χ1n) is 5.97. The first kappa shape index (κ1) is 12.5. The summed E-state index contributed by atoms with van der Waals surface area (Å²) in [5.41, 5.74) is 0.699. The first-order chi connectivity index (χ1) is 7.82. The maximum absolute atomic E-state index is 14.0. The molecule has 1 N–H and O–H groups in total. The summed E-state index contributed by atoms with van der Waals surface area (Å²) in [6.45, 7) is 5.57. The normalized spacial score (nSPS) is 23.1. The highest BCUT2D eigenvalue weighted by molar-refractivity contribution is 5.37. The maximum atomic E-state index is 14.0. The topological polar surface area (TPSA) is 20.2 Å². The van der Waals surface area contributed by atoms with Gasteiger partial charge in [0, 0.05) is 5.56 Å². The lowest BCUT2D eigenvalue weighted by Crippen LogP contribution is -2.14. The second-order valence-corrected chi connectivity index (χ2v) is 5.77. The van der Waals surface area contributed by atoms with Crippen LogP contribution < -0.4 is 0 Å². The molecule has 0 aromatic heterocycles. The Morgan fingerprint density at radius 3 is 2.65 bits per heavy atom. The summed E-state index contributed by atoms with van der Waals surface area (Å²) in [6.07, 6.45) is 0.815. The van der Waals surface area contributed by atoms with Crippen molar-refractivity contribution in [3.05, 3.63) is 34.4 Å². The molecule has 1 nitrogen and oxygen atoms in total. The molecule has 1 aliphatic carbocycles. The van der Waals surface area contributed by atoms with Crippen molar-refractivity contribution >= 4 is 0 Å². The van der Waals surface area contributed by atoms with Crippen LogP contribution in [-0.2, 0) is 6.42 Å². The van der Waals surface area contributed by atoms with Crippen LogP contribution in [0.4, 0.5) is 8.78 Å². The highest BCUT2D eigenvalue weighted by Gasteiger charge is 2.32. The standard InChI is InChI=1S/C14H18F2O/c1-8-6-10(15)9-4-5-14(2,3)7-11(17)12(9)13(8)16/h6,11,17H,4-5,7H2,1-3H3. The summed E-state index contributed by atoms with van der Waals surface area (Å²) in [6, 6.07) is 1.22. The van der Waals surface area contributed by atoms with Crippen LogP contribution >= 0.6 is 0 Å². The van der Waals surface area contributed by atoms with Gasteiger partial charge in [0.25, 0.3) is 0 Å². The third-order valence-electron chi connectivity index (χ3n) is 3.67. The Hall–Kier alpha value is -0.960. The van der Waals surface area contributed by atoms with Crippen LogP contribution in [0.3, 0.4) is 0 Å². The Balaban J connectivity index is 2.59. The van der Waals surface area contributed by atoms with Crippen LogP contribution in [0, 0.1) is 24.0 Å². The Morgan fingerprint density at radius 1 is 1.35 bits per heavy atom. The van der Waals surface area contributed by atoms with Gasteiger partial charge in [0.1, 0.15) is 11.6 Å². The van der Waals surface area contributed by atoms with E-state index in [9.17, 15) is 13.9 Å². The number of halogens is 2. The van der Waals surface area contributed by atoms with Crippen molar-refractivity contribution in [2.45, 2.75) is 46.1 Å². The molecule has 1 aromatic rings. The average Bonchev–Trinajstić information content (AvgIpc) is 2.31. The Kier molecular flexibility index (Phi) is 2.98. The molecule has 0 heterocycles. The van der Waals surface area contributed by atoms with Crippen molar-refractivity contribution in [3.63, 3.8) is 0 Å². The van der Waals surface area contributed by atoms with Crippen molar-refractivity contribution in [2.24, 2.45) is 5.41 Å². The Labute approximate surface area is 100 Å². The van der Waals surface area contributed by atoms with Crippen molar-refractivity contribution in [1.29, 1.82) is 0 Å². The van der Waals surface area contributed by atoms with E-state index in [-0.39, 0.29) is 16.5 Å². The predicted octanol–water partition coefficient (Wildman–Crippen LogP) is 3.67. The van der Waals surface area contributed by atoms with Crippen LogP contribution in [0.25, 0.3) is 0 Å². The van der Waals surface area contributed by atoms with E-state index in [0.717, 1.165) is 6.42 Å². The summed E-state index contributed by atoms with van der Waals surface area (Å²) < 4.78 is 27.9. The monoisotopic (exact) mass is 240 g/mol. The second-order valence-electron chi connectivity index (χ2n) is 5.77. The second kappa shape index (κ2) is 4.05. The molecule has 0 saturated carbocycles. The number of fused-ring (bicyclic) bond motifs is 1. The van der Waals surface area contributed by atoms with E-state index in [2.05, 4.69) is 0 Å². The van der Waals surface area contributed by atoms with E-state index in [1.165, 1.54) is 13.0 Å². The molecule has 3 heteroatoms. The van der Waals surface area contributed by atoms with Gasteiger partial charge in [-0.05, 0) is 48.8 Å². The van der Waals surface area contributed by atoms with E-state index in [1.807, 2.05) is 13.8 Å². The van der Waals surface area contributed by atoms with E-state index < -0.39 is 17.7 Å². The van der Waals surface area contributed by atoms with Gasteiger partial charge in [-0.3, -0.25) is 0 Å². The number of rotatable bonds is 0. The lowest BCUT2D eigenvalue weighted by atomic mass is 9.84. The molecule has 0 bridgehead atoms. The zero-order valence-corrected chi connectivity index (χ0v) is 10.5. The number of hydrogen-bond donors (Lipinski definition) is 1. The predicted molar refractivity (Wildman–Crippen MR) is 62.8 cm³/mol. The molecule has 0 spiro atoms. The van der Waals surface area contributed by atoms with E-state index in [0.29, 0.717) is 18.4 Å². The van der Waals surface area contributed by atoms with Crippen LogP contribution in [0.15, 0.2) is 6.07 Å². The largest absolute Gasteiger partial charge is 0.388 e. The van der Waals surface area contributed by atoms with Crippen LogP contribution in [0.5, 0.6) is 0 Å². The maximum Gasteiger partial charge on any atom is 0.132 e. The van der Waals surface area contributed by atoms with Crippen LogP contribution in [0.2, 0.25) is 0 Å². The number of aryl methyl sites for hydroxylation is 1. The van der Waals surface area contributed by atoms with Gasteiger partial charge < -0.3 is 5.11 Å². The first-order valence-corrected chi connectivity index (χ1v) is 5.97. The van der Waals surface area contributed by atoms with Gasteiger partial charge in [0.05, 0.1) is 6.10 Å². The molecule has 1 aromatic carbocycles. The highest BCUT2D eigenvalue weighted by Crippen LogP contribution is 2.41. The van der Waals surface area contributed by atoms with E-state index in [4.69, 9.17) is 0 Å². The fraction of sp³-hybridized carbons (Fsp3) is 0.571. The smallest absolute Gasteiger partial charge is 0.132 e. The summed E-state index contributed by atoms with van der Waals surface area (Å²) >= 11 is 0. The zero-order valence-electron chi connectivity index (χ0n) is 10.5. The highest BCUT2D eigenvalue weighted by atomic mass is 19.1. The number of hydrogen-bond acceptors (Lipinski definition) is 1. The minimum atomic E-state index is -0.906. The van der Waals surface area contributed by atoms with Gasteiger partial charge >= 0.3 is 0 Å². The van der Waals surface area contributed by atoms with Crippen LogP contribution in [-0.4, -0.2) is 5.11 Å². The van der Waals surface area contributed by atoms with Gasteiger partial charge in [-0.15, -0.1) is 0 Å². The van der Waals surface area contributed by atoms with Crippen molar-refractivity contribution in [2.75, 3.05) is 0 Å². The quantitative estimate of drug-likeness (QED) is 0.686. The van der Waals surface area contributed by atoms with Gasteiger partial charge in [-0.1, -0.05) is 13.8 Å². The van der Waals surface area contributed by atoms with E-state index >= 15 is 0 Å². The molecule has 1 aliphatic rings. The van der Waals surface area contributed by atoms with Crippen molar-refractivity contribution in [1.82, 2.24) is 0 Å². The third-order valence-corrected chi connectivity index (χ3v) is 3.67. The fourth-order valence-electron chi connectivity index (χ4n) is 2.61. The van der Waals surface area contributed by atoms with Gasteiger partial charge in [0.15, 0.2) is 0 Å². The SMILES string of the molecule is Cc1cc(F)c2c(c1F)C(O)CC(C)(C)CC2. The zero-order chi connectivity index (χ0) is 12.8. The molecule has 94 valence electrons. The summed E-state index contributed by atoms with van der Waals surface area (Å²) in [5.74, 6) is -0.845. The minimum Gasteiger partial charge on any atom is -0.388 e. The Bertz CT molecular complexity index is 452. The average molecular weight is 240 g/mol. The van der Waals surface area contributed by atoms with Crippen molar-refractivity contribution in [3.8, 4) is 0 Å². The molecule has 0 radical (unpaired) electrons. The lowest BCUT2D eigenvalue weighted by molar-refractivity contribution is 0.113. The molecular formula is C14H18F2O. The Morgan fingerprint density at radius 2 is 2.00 bits per heavy atom. The molecular weight excluding hydrogens is 222 g/mol. The lowest BCUT2D eigenvalue weighted by Gasteiger charge is -2.24. The molecule has 17 heavy (non-hydrogen) atoms. The number of aliphatic hydroxyl groups excluding tert-OH is 1. The molecule has 1 atom stereocenters. The van der Waals surface area contributed by atoms with E-state index in [1.54, 1.807) is 0 Å². The fourth-order valence-corrected chi connectivity index (χ4v) is 2.61. The minimum absolute atomic E-state index is 0.0920. The molecule has 2 rings (SSSR count). The van der Waals surface area contributed by atoms with Crippen molar-refractivity contribution < 1.29 is 13.9 Å². The molecule has 0 aliphatic heterocycles. The summed E-state index contributed by atoms with van der Waals surface area (Å²) in [5, 5.41) is 10.1. The number of benzene rings is 1. The van der Waals surface area contributed by atoms with Gasteiger partial charge in [-0.2, -0.15) is 0 Å². The summed E-state index contributed by atoms with van der Waals surface area (Å²) in [4.78, 5) is 0.